The van der Waals surface area contributed by atoms with Crippen LogP contribution in [0.15, 0.2) is 36.9 Å². The average molecular weight is 302 g/mol. The first kappa shape index (κ1) is 16.4. The van der Waals surface area contributed by atoms with E-state index in [1.807, 2.05) is 6.92 Å². The van der Waals surface area contributed by atoms with E-state index in [0.29, 0.717) is 6.54 Å². The van der Waals surface area contributed by atoms with E-state index < -0.39 is 0 Å². The molecule has 2 amide bonds. The highest BCUT2D eigenvalue weighted by atomic mass is 16.2. The summed E-state index contributed by atoms with van der Waals surface area (Å²) in [7, 11) is 2.16. The summed E-state index contributed by atoms with van der Waals surface area (Å²) in [5.41, 5.74) is 2.35. The zero-order valence-electron chi connectivity index (χ0n) is 13.5. The molecule has 1 aromatic carbocycles. The number of anilines is 1. The molecule has 1 heterocycles. The first-order chi connectivity index (χ1) is 10.6. The molecular weight excluding hydrogens is 276 g/mol. The van der Waals surface area contributed by atoms with Gasteiger partial charge in [0.25, 0.3) is 0 Å². The van der Waals surface area contributed by atoms with E-state index in [1.54, 1.807) is 6.08 Å². The summed E-state index contributed by atoms with van der Waals surface area (Å²) >= 11 is 0. The fourth-order valence-electron chi connectivity index (χ4n) is 2.53. The number of carbonyl (C=O) groups excluding carboxylic acids is 1. The van der Waals surface area contributed by atoms with Gasteiger partial charge in [0.15, 0.2) is 0 Å². The lowest BCUT2D eigenvalue weighted by atomic mass is 10.1. The number of benzene rings is 1. The third-order valence-corrected chi connectivity index (χ3v) is 4.02. The maximum atomic E-state index is 11.6. The van der Waals surface area contributed by atoms with E-state index in [0.717, 1.165) is 31.7 Å². The predicted octanol–water partition coefficient (Wildman–Crippen LogP) is 1.98. The predicted molar refractivity (Wildman–Crippen MR) is 91.3 cm³/mol. The third kappa shape index (κ3) is 4.49. The SMILES string of the molecule is C=CCNC(=O)N[C@@H](C)c1ccc(N2CCN(C)CC2)cc1. The van der Waals surface area contributed by atoms with Gasteiger partial charge in [0, 0.05) is 38.4 Å². The Balaban J connectivity index is 1.90. The highest BCUT2D eigenvalue weighted by Crippen LogP contribution is 2.20. The van der Waals surface area contributed by atoms with Gasteiger partial charge in [0.2, 0.25) is 0 Å². The molecule has 0 aromatic heterocycles. The average Bonchev–Trinajstić information content (AvgIpc) is 2.54. The lowest BCUT2D eigenvalue weighted by Crippen LogP contribution is -2.44. The molecule has 0 bridgehead atoms. The van der Waals surface area contributed by atoms with Gasteiger partial charge < -0.3 is 20.4 Å². The molecule has 22 heavy (non-hydrogen) atoms. The van der Waals surface area contributed by atoms with Gasteiger partial charge in [-0.25, -0.2) is 4.79 Å². The van der Waals surface area contributed by atoms with Gasteiger partial charge in [-0.3, -0.25) is 0 Å². The maximum absolute atomic E-state index is 11.6. The zero-order chi connectivity index (χ0) is 15.9. The van der Waals surface area contributed by atoms with Crippen LogP contribution in [0.3, 0.4) is 0 Å². The van der Waals surface area contributed by atoms with Crippen LogP contribution in [0.2, 0.25) is 0 Å². The van der Waals surface area contributed by atoms with Crippen LogP contribution < -0.4 is 15.5 Å². The molecule has 2 N–H and O–H groups in total. The van der Waals surface area contributed by atoms with Crippen molar-refractivity contribution in [2.75, 3.05) is 44.7 Å². The molecule has 0 saturated carbocycles. The molecule has 1 aliphatic rings. The number of nitrogens with zero attached hydrogens (tertiary/aromatic N) is 2. The van der Waals surface area contributed by atoms with Crippen LogP contribution in [-0.4, -0.2) is 50.7 Å². The number of hydrogen-bond donors (Lipinski definition) is 2. The molecule has 1 fully saturated rings. The molecule has 1 atom stereocenters. The maximum Gasteiger partial charge on any atom is 0.315 e. The van der Waals surface area contributed by atoms with Crippen molar-refractivity contribution in [3.63, 3.8) is 0 Å². The summed E-state index contributed by atoms with van der Waals surface area (Å²) in [5, 5.41) is 5.64. The number of piperazine rings is 1. The minimum Gasteiger partial charge on any atom is -0.369 e. The van der Waals surface area contributed by atoms with Crippen LogP contribution >= 0.6 is 0 Å². The molecule has 5 nitrogen and oxygen atoms in total. The van der Waals surface area contributed by atoms with Crippen LogP contribution in [0, 0.1) is 0 Å². The monoisotopic (exact) mass is 302 g/mol. The van der Waals surface area contributed by atoms with Crippen molar-refractivity contribution in [3.05, 3.63) is 42.5 Å². The Hall–Kier alpha value is -2.01. The summed E-state index contributed by atoms with van der Waals surface area (Å²) in [6.45, 7) is 10.4. The number of nitrogens with one attached hydrogen (secondary N) is 2. The highest BCUT2D eigenvalue weighted by Gasteiger charge is 2.15. The molecule has 2 rings (SSSR count). The first-order valence-electron chi connectivity index (χ1n) is 7.79. The molecule has 0 radical (unpaired) electrons. The second-order valence-corrected chi connectivity index (χ2v) is 5.75. The Bertz CT molecular complexity index is 492. The van der Waals surface area contributed by atoms with Crippen molar-refractivity contribution < 1.29 is 4.79 Å². The van der Waals surface area contributed by atoms with Crippen molar-refractivity contribution in [2.45, 2.75) is 13.0 Å². The Kier molecular flexibility index (Phi) is 5.83. The second-order valence-electron chi connectivity index (χ2n) is 5.75. The fraction of sp³-hybridized carbons (Fsp3) is 0.471. The summed E-state index contributed by atoms with van der Waals surface area (Å²) < 4.78 is 0. The molecule has 120 valence electrons. The lowest BCUT2D eigenvalue weighted by molar-refractivity contribution is 0.239. The Labute approximate surface area is 133 Å². The molecule has 1 saturated heterocycles. The van der Waals surface area contributed by atoms with E-state index in [9.17, 15) is 4.79 Å². The van der Waals surface area contributed by atoms with E-state index in [1.165, 1.54) is 5.69 Å². The van der Waals surface area contributed by atoms with Crippen molar-refractivity contribution in [2.24, 2.45) is 0 Å². The standard InChI is InChI=1S/C17H26N4O/c1-4-9-18-17(22)19-14(2)15-5-7-16(8-6-15)21-12-10-20(3)11-13-21/h4-8,14H,1,9-13H2,2-3H3,(H2,18,19,22)/t14-/m0/s1. The van der Waals surface area contributed by atoms with E-state index in [4.69, 9.17) is 0 Å². The minimum atomic E-state index is -0.171. The number of rotatable bonds is 5. The van der Waals surface area contributed by atoms with Crippen molar-refractivity contribution in [3.8, 4) is 0 Å². The number of hydrogen-bond acceptors (Lipinski definition) is 3. The van der Waals surface area contributed by atoms with Crippen LogP contribution in [0.25, 0.3) is 0 Å². The largest absolute Gasteiger partial charge is 0.369 e. The van der Waals surface area contributed by atoms with Gasteiger partial charge in [-0.15, -0.1) is 6.58 Å². The van der Waals surface area contributed by atoms with Gasteiger partial charge in [0.05, 0.1) is 6.04 Å². The molecule has 1 aliphatic heterocycles. The second kappa shape index (κ2) is 7.84. The van der Waals surface area contributed by atoms with Crippen LogP contribution in [0.1, 0.15) is 18.5 Å². The van der Waals surface area contributed by atoms with E-state index >= 15 is 0 Å². The van der Waals surface area contributed by atoms with Crippen molar-refractivity contribution >= 4 is 11.7 Å². The summed E-state index contributed by atoms with van der Waals surface area (Å²) in [4.78, 5) is 16.4. The Morgan fingerprint density at radius 3 is 2.50 bits per heavy atom. The molecule has 1 aromatic rings. The summed E-state index contributed by atoms with van der Waals surface area (Å²) in [6, 6.07) is 8.26. The van der Waals surface area contributed by atoms with Crippen LogP contribution in [-0.2, 0) is 0 Å². The smallest absolute Gasteiger partial charge is 0.315 e. The number of urea groups is 1. The lowest BCUT2D eigenvalue weighted by Gasteiger charge is -2.34. The van der Waals surface area contributed by atoms with Gasteiger partial charge in [-0.2, -0.15) is 0 Å². The fourth-order valence-corrected chi connectivity index (χ4v) is 2.53. The minimum absolute atomic E-state index is 0.0219. The normalized spacial score (nSPS) is 16.9. The van der Waals surface area contributed by atoms with Gasteiger partial charge in [0.1, 0.15) is 0 Å². The van der Waals surface area contributed by atoms with Crippen LogP contribution in [0.5, 0.6) is 0 Å². The van der Waals surface area contributed by atoms with Gasteiger partial charge in [-0.05, 0) is 31.7 Å². The molecule has 0 spiro atoms. The molecule has 0 unspecified atom stereocenters. The topological polar surface area (TPSA) is 47.6 Å². The first-order valence-corrected chi connectivity index (χ1v) is 7.79. The number of amides is 2. The highest BCUT2D eigenvalue weighted by molar-refractivity contribution is 5.74. The van der Waals surface area contributed by atoms with E-state index in [-0.39, 0.29) is 12.1 Å². The molecule has 0 aliphatic carbocycles. The van der Waals surface area contributed by atoms with E-state index in [2.05, 4.69) is 58.3 Å². The summed E-state index contributed by atoms with van der Waals surface area (Å²) in [5.74, 6) is 0. The zero-order valence-corrected chi connectivity index (χ0v) is 13.5. The Morgan fingerprint density at radius 1 is 1.27 bits per heavy atom. The number of carbonyl (C=O) groups is 1. The van der Waals surface area contributed by atoms with Crippen molar-refractivity contribution in [1.82, 2.24) is 15.5 Å². The third-order valence-electron chi connectivity index (χ3n) is 4.02. The molecule has 5 heteroatoms. The van der Waals surface area contributed by atoms with Crippen LogP contribution in [0.4, 0.5) is 10.5 Å². The number of likely N-dealkylation sites (N-methyl/N-ethyl adjacent to an activating group) is 1. The quantitative estimate of drug-likeness (QED) is 0.818. The van der Waals surface area contributed by atoms with Crippen molar-refractivity contribution in [1.29, 1.82) is 0 Å². The summed E-state index contributed by atoms with van der Waals surface area (Å²) in [6.07, 6.45) is 1.66. The van der Waals surface area contributed by atoms with Gasteiger partial charge in [-0.1, -0.05) is 18.2 Å². The molecular formula is C17H26N4O. The van der Waals surface area contributed by atoms with Gasteiger partial charge >= 0.3 is 6.03 Å². The Morgan fingerprint density at radius 2 is 1.91 bits per heavy atom.